The highest BCUT2D eigenvalue weighted by atomic mass is 32.1. The largest absolute Gasteiger partial charge is 0.462 e. The highest BCUT2D eigenvalue weighted by Crippen LogP contribution is 2.31. The number of rotatable bonds is 4. The van der Waals surface area contributed by atoms with Gasteiger partial charge in [-0.3, -0.25) is 0 Å². The fourth-order valence-electron chi connectivity index (χ4n) is 1.16. The van der Waals surface area contributed by atoms with Crippen molar-refractivity contribution in [1.29, 1.82) is 0 Å². The molecule has 0 aromatic carbocycles. The zero-order valence-electron chi connectivity index (χ0n) is 9.98. The van der Waals surface area contributed by atoms with Gasteiger partial charge < -0.3 is 15.4 Å². The predicted octanol–water partition coefficient (Wildman–Crippen LogP) is 1.75. The van der Waals surface area contributed by atoms with Crippen molar-refractivity contribution in [2.24, 2.45) is 0 Å². The van der Waals surface area contributed by atoms with Gasteiger partial charge in [-0.1, -0.05) is 0 Å². The molecular formula is C10H17N3O2S. The molecule has 0 aliphatic heterocycles. The van der Waals surface area contributed by atoms with Gasteiger partial charge >= 0.3 is 5.97 Å². The summed E-state index contributed by atoms with van der Waals surface area (Å²) in [6.07, 6.45) is 0. The molecule has 16 heavy (non-hydrogen) atoms. The third kappa shape index (κ3) is 2.44. The summed E-state index contributed by atoms with van der Waals surface area (Å²) in [6, 6.07) is 0.271. The minimum atomic E-state index is -0.406. The normalized spacial score (nSPS) is 10.6. The Morgan fingerprint density at radius 3 is 2.75 bits per heavy atom. The van der Waals surface area contributed by atoms with E-state index in [1.807, 2.05) is 25.8 Å². The van der Waals surface area contributed by atoms with Crippen molar-refractivity contribution in [2.45, 2.75) is 26.8 Å². The lowest BCUT2D eigenvalue weighted by atomic mass is 10.2. The molecule has 1 aromatic heterocycles. The van der Waals surface area contributed by atoms with Crippen molar-refractivity contribution in [1.82, 2.24) is 4.37 Å². The Balaban J connectivity index is 3.07. The van der Waals surface area contributed by atoms with Crippen LogP contribution >= 0.6 is 11.5 Å². The van der Waals surface area contributed by atoms with Gasteiger partial charge in [-0.25, -0.2) is 4.79 Å². The number of esters is 1. The molecule has 0 saturated heterocycles. The van der Waals surface area contributed by atoms with E-state index in [1.54, 1.807) is 6.92 Å². The lowest BCUT2D eigenvalue weighted by Crippen LogP contribution is -2.26. The monoisotopic (exact) mass is 243 g/mol. The Bertz CT molecular complexity index is 376. The molecule has 0 saturated carbocycles. The molecule has 90 valence electrons. The summed E-state index contributed by atoms with van der Waals surface area (Å²) < 4.78 is 8.96. The van der Waals surface area contributed by atoms with Gasteiger partial charge in [-0.15, -0.1) is 0 Å². The average Bonchev–Trinajstić information content (AvgIpc) is 2.59. The van der Waals surface area contributed by atoms with Gasteiger partial charge in [0.25, 0.3) is 0 Å². The first kappa shape index (κ1) is 12.8. The van der Waals surface area contributed by atoms with Crippen molar-refractivity contribution in [3.8, 4) is 0 Å². The maximum atomic E-state index is 11.7. The predicted molar refractivity (Wildman–Crippen MR) is 66.0 cm³/mol. The van der Waals surface area contributed by atoms with Crippen molar-refractivity contribution in [2.75, 3.05) is 24.3 Å². The number of carbonyl (C=O) groups is 1. The molecule has 0 radical (unpaired) electrons. The number of ether oxygens (including phenoxy) is 1. The van der Waals surface area contributed by atoms with Crippen LogP contribution in [-0.4, -0.2) is 30.0 Å². The number of hydrogen-bond acceptors (Lipinski definition) is 6. The number of carbonyl (C=O) groups excluding carboxylic acids is 1. The SMILES string of the molecule is CCOC(=O)c1c(N)nsc1N(C)C(C)C. The van der Waals surface area contributed by atoms with Crippen LogP contribution in [0.5, 0.6) is 0 Å². The Labute approximate surface area is 99.4 Å². The average molecular weight is 243 g/mol. The molecule has 0 aliphatic rings. The van der Waals surface area contributed by atoms with Gasteiger partial charge in [-0.2, -0.15) is 4.37 Å². The molecule has 0 amide bonds. The third-order valence-corrected chi connectivity index (χ3v) is 3.23. The van der Waals surface area contributed by atoms with Crippen LogP contribution in [0, 0.1) is 0 Å². The molecule has 1 rings (SSSR count). The molecule has 1 heterocycles. The van der Waals surface area contributed by atoms with Crippen LogP contribution in [0.1, 0.15) is 31.1 Å². The van der Waals surface area contributed by atoms with Crippen LogP contribution < -0.4 is 10.6 Å². The number of aromatic nitrogens is 1. The summed E-state index contributed by atoms with van der Waals surface area (Å²) in [5.74, 6) is -0.165. The minimum absolute atomic E-state index is 0.242. The van der Waals surface area contributed by atoms with Gasteiger partial charge in [0.15, 0.2) is 5.82 Å². The molecule has 0 aliphatic carbocycles. The molecule has 5 nitrogen and oxygen atoms in total. The first-order chi connectivity index (χ1) is 7.49. The van der Waals surface area contributed by atoms with E-state index in [0.717, 1.165) is 5.00 Å². The maximum absolute atomic E-state index is 11.7. The second-order valence-corrected chi connectivity index (χ2v) is 4.42. The smallest absolute Gasteiger partial charge is 0.345 e. The second-order valence-electron chi connectivity index (χ2n) is 3.67. The maximum Gasteiger partial charge on any atom is 0.345 e. The first-order valence-corrected chi connectivity index (χ1v) is 5.91. The van der Waals surface area contributed by atoms with Gasteiger partial charge in [-0.05, 0) is 32.3 Å². The van der Waals surface area contributed by atoms with E-state index in [2.05, 4.69) is 4.37 Å². The van der Waals surface area contributed by atoms with E-state index in [4.69, 9.17) is 10.5 Å². The third-order valence-electron chi connectivity index (χ3n) is 2.27. The fraction of sp³-hybridized carbons (Fsp3) is 0.600. The van der Waals surface area contributed by atoms with Crippen LogP contribution in [-0.2, 0) is 4.74 Å². The first-order valence-electron chi connectivity index (χ1n) is 5.14. The fourth-order valence-corrected chi connectivity index (χ4v) is 2.06. The van der Waals surface area contributed by atoms with Crippen molar-refractivity contribution in [3.05, 3.63) is 5.56 Å². The molecule has 0 fully saturated rings. The summed E-state index contributed by atoms with van der Waals surface area (Å²) in [6.45, 7) is 6.16. The van der Waals surface area contributed by atoms with Gasteiger partial charge in [0.05, 0.1) is 6.61 Å². The summed E-state index contributed by atoms with van der Waals surface area (Å²) in [4.78, 5) is 13.7. The Morgan fingerprint density at radius 2 is 2.25 bits per heavy atom. The van der Waals surface area contributed by atoms with Crippen LogP contribution in [0.3, 0.4) is 0 Å². The molecule has 0 atom stereocenters. The van der Waals surface area contributed by atoms with Crippen molar-refractivity contribution >= 4 is 28.3 Å². The van der Waals surface area contributed by atoms with Crippen LogP contribution in [0.15, 0.2) is 0 Å². The van der Waals surface area contributed by atoms with E-state index in [1.165, 1.54) is 11.5 Å². The van der Waals surface area contributed by atoms with E-state index in [0.29, 0.717) is 12.2 Å². The number of nitrogen functional groups attached to an aromatic ring is 1. The van der Waals surface area contributed by atoms with Crippen LogP contribution in [0.2, 0.25) is 0 Å². The lowest BCUT2D eigenvalue weighted by Gasteiger charge is -2.22. The zero-order valence-corrected chi connectivity index (χ0v) is 10.8. The van der Waals surface area contributed by atoms with Crippen molar-refractivity contribution < 1.29 is 9.53 Å². The van der Waals surface area contributed by atoms with Crippen molar-refractivity contribution in [3.63, 3.8) is 0 Å². The molecule has 0 unspecified atom stereocenters. The topological polar surface area (TPSA) is 68.5 Å². The van der Waals surface area contributed by atoms with Gasteiger partial charge in [0, 0.05) is 13.1 Å². The minimum Gasteiger partial charge on any atom is -0.462 e. The van der Waals surface area contributed by atoms with Gasteiger partial charge in [0.1, 0.15) is 10.6 Å². The molecule has 1 aromatic rings. The number of nitrogens with zero attached hydrogens (tertiary/aromatic N) is 2. The Morgan fingerprint density at radius 1 is 1.62 bits per heavy atom. The molecule has 6 heteroatoms. The summed E-state index contributed by atoms with van der Waals surface area (Å²) >= 11 is 1.22. The highest BCUT2D eigenvalue weighted by Gasteiger charge is 2.23. The summed E-state index contributed by atoms with van der Waals surface area (Å²) in [5.41, 5.74) is 6.06. The summed E-state index contributed by atoms with van der Waals surface area (Å²) in [7, 11) is 1.90. The number of anilines is 2. The zero-order chi connectivity index (χ0) is 12.3. The van der Waals surface area contributed by atoms with Crippen LogP contribution in [0.4, 0.5) is 10.8 Å². The number of nitrogens with two attached hydrogens (primary N) is 1. The standard InChI is InChI=1S/C10H17N3O2S/c1-5-15-10(14)7-8(11)12-16-9(7)13(4)6(2)3/h6H,5H2,1-4H3,(H2,11,12). The molecule has 0 spiro atoms. The molecular weight excluding hydrogens is 226 g/mol. The van der Waals surface area contributed by atoms with E-state index >= 15 is 0 Å². The summed E-state index contributed by atoms with van der Waals surface area (Å²) in [5, 5.41) is 0.756. The number of hydrogen-bond donors (Lipinski definition) is 1. The highest BCUT2D eigenvalue weighted by molar-refractivity contribution is 7.11. The van der Waals surface area contributed by atoms with E-state index in [9.17, 15) is 4.79 Å². The van der Waals surface area contributed by atoms with Crippen LogP contribution in [0.25, 0.3) is 0 Å². The van der Waals surface area contributed by atoms with E-state index < -0.39 is 5.97 Å². The van der Waals surface area contributed by atoms with E-state index in [-0.39, 0.29) is 11.9 Å². The molecule has 2 N–H and O–H groups in total. The Kier molecular flexibility index (Phi) is 4.12. The quantitative estimate of drug-likeness (QED) is 0.816. The van der Waals surface area contributed by atoms with Gasteiger partial charge in [0.2, 0.25) is 0 Å². The second kappa shape index (κ2) is 5.16. The molecule has 0 bridgehead atoms. The Hall–Kier alpha value is -1.30. The lowest BCUT2D eigenvalue weighted by molar-refractivity contribution is 0.0528.